The predicted octanol–water partition coefficient (Wildman–Crippen LogP) is 1.91. The number of carbonyl (C=O) groups is 2. The summed E-state index contributed by atoms with van der Waals surface area (Å²) in [7, 11) is 1.60. The predicted molar refractivity (Wildman–Crippen MR) is 96.0 cm³/mol. The average Bonchev–Trinajstić information content (AvgIpc) is 2.94. The fourth-order valence-electron chi connectivity index (χ4n) is 2.65. The second kappa shape index (κ2) is 9.27. The molecule has 1 aromatic carbocycles. The molecule has 0 aliphatic carbocycles. The molecule has 0 aromatic heterocycles. The van der Waals surface area contributed by atoms with E-state index in [4.69, 9.17) is 9.47 Å². The number of nitrogens with zero attached hydrogens (tertiary/aromatic N) is 1. The van der Waals surface area contributed by atoms with Crippen molar-refractivity contribution < 1.29 is 19.1 Å². The van der Waals surface area contributed by atoms with Crippen LogP contribution in [-0.4, -0.2) is 50.9 Å². The summed E-state index contributed by atoms with van der Waals surface area (Å²) in [5.74, 6) is 0.742. The molecule has 0 saturated carbocycles. The molecular formula is C18H27N3O4. The second-order valence-electron chi connectivity index (χ2n) is 6.28. The van der Waals surface area contributed by atoms with Crippen LogP contribution in [0.3, 0.4) is 0 Å². The maximum atomic E-state index is 12.2. The van der Waals surface area contributed by atoms with Gasteiger partial charge in [-0.15, -0.1) is 0 Å². The standard InChI is InChI=1S/C18H27N3O4/c1-13(2)25-10-4-9-19-18(23)20-14-11-17(22)21(12-14)15-5-7-16(24-3)8-6-15/h5-8,13-14H,4,9-12H2,1-3H3,(H2,19,20,23). The van der Waals surface area contributed by atoms with Crippen LogP contribution in [-0.2, 0) is 9.53 Å². The van der Waals surface area contributed by atoms with E-state index in [9.17, 15) is 9.59 Å². The van der Waals surface area contributed by atoms with Crippen molar-refractivity contribution in [1.82, 2.24) is 10.6 Å². The Balaban J connectivity index is 1.74. The Labute approximate surface area is 148 Å². The monoisotopic (exact) mass is 349 g/mol. The maximum absolute atomic E-state index is 12.2. The highest BCUT2D eigenvalue weighted by atomic mass is 16.5. The van der Waals surface area contributed by atoms with Crippen LogP contribution in [0.15, 0.2) is 24.3 Å². The average molecular weight is 349 g/mol. The third kappa shape index (κ3) is 5.94. The first-order valence-corrected chi connectivity index (χ1v) is 8.60. The van der Waals surface area contributed by atoms with Crippen LogP contribution < -0.4 is 20.3 Å². The van der Waals surface area contributed by atoms with Crippen molar-refractivity contribution in [2.75, 3.05) is 31.7 Å². The van der Waals surface area contributed by atoms with Gasteiger partial charge in [-0.3, -0.25) is 4.79 Å². The molecule has 7 nitrogen and oxygen atoms in total. The van der Waals surface area contributed by atoms with Crippen LogP contribution in [0.4, 0.5) is 10.5 Å². The largest absolute Gasteiger partial charge is 0.497 e. The van der Waals surface area contributed by atoms with E-state index in [0.717, 1.165) is 17.9 Å². The molecule has 1 saturated heterocycles. The van der Waals surface area contributed by atoms with Gasteiger partial charge in [-0.05, 0) is 44.5 Å². The lowest BCUT2D eigenvalue weighted by atomic mass is 10.2. The summed E-state index contributed by atoms with van der Waals surface area (Å²) in [4.78, 5) is 25.8. The molecule has 1 heterocycles. The molecule has 3 amide bonds. The molecule has 0 spiro atoms. The maximum Gasteiger partial charge on any atom is 0.315 e. The molecule has 138 valence electrons. The van der Waals surface area contributed by atoms with Crippen molar-refractivity contribution in [3.8, 4) is 5.75 Å². The van der Waals surface area contributed by atoms with E-state index < -0.39 is 0 Å². The summed E-state index contributed by atoms with van der Waals surface area (Å²) in [5, 5.41) is 5.64. The van der Waals surface area contributed by atoms with Crippen molar-refractivity contribution in [3.63, 3.8) is 0 Å². The highest BCUT2D eigenvalue weighted by Gasteiger charge is 2.31. The quantitative estimate of drug-likeness (QED) is 0.703. The number of ether oxygens (including phenoxy) is 2. The second-order valence-corrected chi connectivity index (χ2v) is 6.28. The van der Waals surface area contributed by atoms with Crippen LogP contribution in [0, 0.1) is 0 Å². The molecule has 2 N–H and O–H groups in total. The Bertz CT molecular complexity index is 574. The number of benzene rings is 1. The minimum absolute atomic E-state index is 0.000741. The Morgan fingerprint density at radius 1 is 1.32 bits per heavy atom. The minimum atomic E-state index is -0.251. The molecule has 1 aliphatic rings. The summed E-state index contributed by atoms with van der Waals surface area (Å²) in [6, 6.07) is 6.87. The zero-order valence-electron chi connectivity index (χ0n) is 15.1. The van der Waals surface area contributed by atoms with Gasteiger partial charge in [0.05, 0.1) is 19.3 Å². The molecule has 1 aromatic rings. The lowest BCUT2D eigenvalue weighted by molar-refractivity contribution is -0.117. The van der Waals surface area contributed by atoms with Gasteiger partial charge < -0.3 is 25.0 Å². The number of hydrogen-bond acceptors (Lipinski definition) is 4. The number of carbonyl (C=O) groups excluding carboxylic acids is 2. The minimum Gasteiger partial charge on any atom is -0.497 e. The van der Waals surface area contributed by atoms with Crippen LogP contribution in [0.2, 0.25) is 0 Å². The zero-order valence-corrected chi connectivity index (χ0v) is 15.1. The van der Waals surface area contributed by atoms with Gasteiger partial charge in [-0.2, -0.15) is 0 Å². The van der Waals surface area contributed by atoms with Crippen LogP contribution in [0.25, 0.3) is 0 Å². The molecule has 0 radical (unpaired) electrons. The molecule has 2 rings (SSSR count). The van der Waals surface area contributed by atoms with Crippen molar-refractivity contribution in [1.29, 1.82) is 0 Å². The molecule has 0 bridgehead atoms. The number of urea groups is 1. The number of methoxy groups -OCH3 is 1. The third-order valence-corrected chi connectivity index (χ3v) is 3.90. The van der Waals surface area contributed by atoms with E-state index in [1.165, 1.54) is 0 Å². The van der Waals surface area contributed by atoms with Crippen LogP contribution in [0.5, 0.6) is 5.75 Å². The zero-order chi connectivity index (χ0) is 18.2. The topological polar surface area (TPSA) is 79.9 Å². The van der Waals surface area contributed by atoms with Crippen molar-refractivity contribution in [2.45, 2.75) is 38.8 Å². The fourth-order valence-corrected chi connectivity index (χ4v) is 2.65. The molecule has 1 atom stereocenters. The summed E-state index contributed by atoms with van der Waals surface area (Å²) in [5.41, 5.74) is 0.807. The lowest BCUT2D eigenvalue weighted by Crippen LogP contribution is -2.43. The number of hydrogen-bond donors (Lipinski definition) is 2. The van der Waals surface area contributed by atoms with E-state index in [1.54, 1.807) is 12.0 Å². The van der Waals surface area contributed by atoms with Crippen molar-refractivity contribution >= 4 is 17.6 Å². The molecule has 1 aliphatic heterocycles. The van der Waals surface area contributed by atoms with Gasteiger partial charge in [-0.1, -0.05) is 0 Å². The first kappa shape index (κ1) is 19.1. The smallest absolute Gasteiger partial charge is 0.315 e. The Hall–Kier alpha value is -2.28. The first-order chi connectivity index (χ1) is 12.0. The van der Waals surface area contributed by atoms with Crippen LogP contribution >= 0.6 is 0 Å². The SMILES string of the molecule is COc1ccc(N2CC(NC(=O)NCCCOC(C)C)CC2=O)cc1. The third-order valence-electron chi connectivity index (χ3n) is 3.90. The molecular weight excluding hydrogens is 322 g/mol. The molecule has 1 fully saturated rings. The summed E-state index contributed by atoms with van der Waals surface area (Å²) in [6.45, 7) is 5.58. The number of anilines is 1. The summed E-state index contributed by atoms with van der Waals surface area (Å²) < 4.78 is 10.5. The Kier molecular flexibility index (Phi) is 7.06. The fraction of sp³-hybridized carbons (Fsp3) is 0.556. The number of amides is 3. The van der Waals surface area contributed by atoms with E-state index in [1.807, 2.05) is 38.1 Å². The first-order valence-electron chi connectivity index (χ1n) is 8.60. The van der Waals surface area contributed by atoms with Crippen LogP contribution in [0.1, 0.15) is 26.7 Å². The normalized spacial score (nSPS) is 17.0. The molecule has 7 heteroatoms. The highest BCUT2D eigenvalue weighted by molar-refractivity contribution is 5.96. The summed E-state index contributed by atoms with van der Waals surface area (Å²) >= 11 is 0. The van der Waals surface area contributed by atoms with Gasteiger partial charge in [0.15, 0.2) is 0 Å². The van der Waals surface area contributed by atoms with E-state index >= 15 is 0 Å². The highest BCUT2D eigenvalue weighted by Crippen LogP contribution is 2.24. The van der Waals surface area contributed by atoms with Gasteiger partial charge >= 0.3 is 6.03 Å². The van der Waals surface area contributed by atoms with Gasteiger partial charge in [0.25, 0.3) is 0 Å². The van der Waals surface area contributed by atoms with Crippen molar-refractivity contribution in [3.05, 3.63) is 24.3 Å². The number of nitrogens with one attached hydrogen (secondary N) is 2. The van der Waals surface area contributed by atoms with Gasteiger partial charge in [0.2, 0.25) is 5.91 Å². The van der Waals surface area contributed by atoms with Gasteiger partial charge in [0.1, 0.15) is 5.75 Å². The molecule has 1 unspecified atom stereocenters. The lowest BCUT2D eigenvalue weighted by Gasteiger charge is -2.18. The number of rotatable bonds is 8. The Morgan fingerprint density at radius 2 is 2.04 bits per heavy atom. The van der Waals surface area contributed by atoms with E-state index in [0.29, 0.717) is 26.1 Å². The summed E-state index contributed by atoms with van der Waals surface area (Å²) in [6.07, 6.45) is 1.26. The van der Waals surface area contributed by atoms with Gasteiger partial charge in [-0.25, -0.2) is 4.79 Å². The van der Waals surface area contributed by atoms with E-state index in [-0.39, 0.29) is 24.1 Å². The molecule has 25 heavy (non-hydrogen) atoms. The Morgan fingerprint density at radius 3 is 2.68 bits per heavy atom. The van der Waals surface area contributed by atoms with E-state index in [2.05, 4.69) is 10.6 Å². The van der Waals surface area contributed by atoms with Gasteiger partial charge in [0, 0.05) is 31.8 Å². The van der Waals surface area contributed by atoms with Crippen molar-refractivity contribution in [2.24, 2.45) is 0 Å².